The minimum absolute atomic E-state index is 0.129. The summed E-state index contributed by atoms with van der Waals surface area (Å²) in [6.07, 6.45) is -6.89. The number of esters is 3. The summed E-state index contributed by atoms with van der Waals surface area (Å²) < 4.78 is 27.9. The molecule has 0 amide bonds. The maximum Gasteiger partial charge on any atom is 0.303 e. The van der Waals surface area contributed by atoms with Crippen LogP contribution in [0, 0.1) is 11.8 Å². The SMILES string of the molecule is CC(=O)OC1C(O)C(OC(C)=O)C(OCC(C)C)C(OC(C)=O)C1OCC(C)C. The van der Waals surface area contributed by atoms with Gasteiger partial charge in [0.25, 0.3) is 0 Å². The molecule has 1 N–H and O–H groups in total. The van der Waals surface area contributed by atoms with E-state index < -0.39 is 54.5 Å². The van der Waals surface area contributed by atoms with Crippen molar-refractivity contribution in [2.24, 2.45) is 11.8 Å². The van der Waals surface area contributed by atoms with E-state index >= 15 is 0 Å². The van der Waals surface area contributed by atoms with E-state index in [9.17, 15) is 19.5 Å². The van der Waals surface area contributed by atoms with Crippen molar-refractivity contribution in [1.29, 1.82) is 0 Å². The maximum absolute atomic E-state index is 11.8. The summed E-state index contributed by atoms with van der Waals surface area (Å²) in [5, 5.41) is 10.9. The standard InChI is InChI=1S/C20H34O9/c1-10(2)8-25-18-16(27-12(5)21)15(24)17(28-13(6)22)19(26-9-11(3)4)20(18)29-14(7)23/h10-11,15-20,24H,8-9H2,1-7H3. The molecule has 1 aliphatic rings. The molecule has 0 aromatic carbocycles. The molecule has 4 atom stereocenters. The van der Waals surface area contributed by atoms with Crippen LogP contribution in [-0.2, 0) is 38.1 Å². The normalized spacial score (nSPS) is 29.6. The molecule has 0 saturated heterocycles. The van der Waals surface area contributed by atoms with E-state index in [4.69, 9.17) is 23.7 Å². The highest BCUT2D eigenvalue weighted by atomic mass is 16.6. The molecule has 9 heteroatoms. The Bertz CT molecular complexity index is 520. The number of carbonyl (C=O) groups is 3. The zero-order valence-corrected chi connectivity index (χ0v) is 18.2. The quantitative estimate of drug-likeness (QED) is 0.436. The lowest BCUT2D eigenvalue weighted by Crippen LogP contribution is -2.67. The van der Waals surface area contributed by atoms with Gasteiger partial charge in [0.2, 0.25) is 0 Å². The Hall–Kier alpha value is -1.71. The average molecular weight is 418 g/mol. The molecule has 0 aromatic heterocycles. The van der Waals surface area contributed by atoms with E-state index in [-0.39, 0.29) is 25.0 Å². The molecular weight excluding hydrogens is 384 g/mol. The Balaban J connectivity index is 3.37. The zero-order chi connectivity index (χ0) is 22.3. The van der Waals surface area contributed by atoms with Crippen LogP contribution in [0.5, 0.6) is 0 Å². The Labute approximate surface area is 172 Å². The molecule has 9 nitrogen and oxygen atoms in total. The van der Waals surface area contributed by atoms with Gasteiger partial charge in [-0.05, 0) is 11.8 Å². The predicted octanol–water partition coefficient (Wildman–Crippen LogP) is 1.24. The van der Waals surface area contributed by atoms with Crippen molar-refractivity contribution >= 4 is 17.9 Å². The van der Waals surface area contributed by atoms with Crippen LogP contribution in [-0.4, -0.2) is 72.9 Å². The monoisotopic (exact) mass is 418 g/mol. The van der Waals surface area contributed by atoms with Gasteiger partial charge in [-0.1, -0.05) is 27.7 Å². The van der Waals surface area contributed by atoms with Gasteiger partial charge < -0.3 is 28.8 Å². The zero-order valence-electron chi connectivity index (χ0n) is 18.2. The number of ether oxygens (including phenoxy) is 5. The Morgan fingerprint density at radius 1 is 0.655 bits per heavy atom. The van der Waals surface area contributed by atoms with Crippen LogP contribution >= 0.6 is 0 Å². The molecular formula is C20H34O9. The fourth-order valence-electron chi connectivity index (χ4n) is 3.11. The first kappa shape index (κ1) is 25.3. The second-order valence-electron chi connectivity index (χ2n) is 8.10. The number of aliphatic hydroxyl groups is 1. The largest absolute Gasteiger partial charge is 0.457 e. The van der Waals surface area contributed by atoms with Gasteiger partial charge >= 0.3 is 17.9 Å². The molecule has 29 heavy (non-hydrogen) atoms. The van der Waals surface area contributed by atoms with E-state index in [1.54, 1.807) is 0 Å². The summed E-state index contributed by atoms with van der Waals surface area (Å²) in [5.74, 6) is -1.66. The Morgan fingerprint density at radius 3 is 1.24 bits per heavy atom. The molecule has 1 aliphatic carbocycles. The predicted molar refractivity (Wildman–Crippen MR) is 102 cm³/mol. The summed E-state index contributed by atoms with van der Waals surface area (Å²) in [6.45, 7) is 11.8. The Kier molecular flexibility index (Phi) is 10.0. The van der Waals surface area contributed by atoms with E-state index in [0.717, 1.165) is 0 Å². The van der Waals surface area contributed by atoms with Crippen LogP contribution in [0.25, 0.3) is 0 Å². The van der Waals surface area contributed by atoms with Crippen LogP contribution in [0.1, 0.15) is 48.5 Å². The third-order valence-corrected chi connectivity index (χ3v) is 4.12. The summed E-state index contributed by atoms with van der Waals surface area (Å²) in [4.78, 5) is 35.1. The topological polar surface area (TPSA) is 118 Å². The highest BCUT2D eigenvalue weighted by Crippen LogP contribution is 2.33. The molecule has 0 aliphatic heterocycles. The van der Waals surface area contributed by atoms with Crippen molar-refractivity contribution in [2.75, 3.05) is 13.2 Å². The fourth-order valence-corrected chi connectivity index (χ4v) is 3.11. The smallest absolute Gasteiger partial charge is 0.303 e. The lowest BCUT2D eigenvalue weighted by Gasteiger charge is -2.47. The van der Waals surface area contributed by atoms with Gasteiger partial charge in [0, 0.05) is 34.0 Å². The van der Waals surface area contributed by atoms with E-state index in [1.165, 1.54) is 20.8 Å². The second kappa shape index (κ2) is 11.5. The number of hydrogen-bond acceptors (Lipinski definition) is 9. The van der Waals surface area contributed by atoms with Crippen molar-refractivity contribution in [2.45, 2.75) is 85.1 Å². The number of hydrogen-bond donors (Lipinski definition) is 1. The third kappa shape index (κ3) is 7.91. The van der Waals surface area contributed by atoms with Crippen LogP contribution in [0.3, 0.4) is 0 Å². The molecule has 0 bridgehead atoms. The van der Waals surface area contributed by atoms with Gasteiger partial charge in [0.15, 0.2) is 18.3 Å². The number of aliphatic hydroxyl groups excluding tert-OH is 1. The highest BCUT2D eigenvalue weighted by molar-refractivity contribution is 5.68. The van der Waals surface area contributed by atoms with E-state index in [0.29, 0.717) is 0 Å². The first-order chi connectivity index (χ1) is 13.4. The van der Waals surface area contributed by atoms with Gasteiger partial charge in [0.1, 0.15) is 18.3 Å². The lowest BCUT2D eigenvalue weighted by atomic mass is 9.83. The molecule has 0 aromatic rings. The van der Waals surface area contributed by atoms with Crippen LogP contribution in [0.15, 0.2) is 0 Å². The lowest BCUT2D eigenvalue weighted by molar-refractivity contribution is -0.263. The average Bonchev–Trinajstić information content (AvgIpc) is 2.56. The minimum atomic E-state index is -1.43. The molecule has 168 valence electrons. The molecule has 4 unspecified atom stereocenters. The van der Waals surface area contributed by atoms with E-state index in [2.05, 4.69) is 0 Å². The molecule has 1 fully saturated rings. The van der Waals surface area contributed by atoms with Gasteiger partial charge in [-0.2, -0.15) is 0 Å². The number of carbonyl (C=O) groups excluding carboxylic acids is 3. The molecule has 0 radical (unpaired) electrons. The van der Waals surface area contributed by atoms with Crippen molar-refractivity contribution in [3.63, 3.8) is 0 Å². The van der Waals surface area contributed by atoms with Gasteiger partial charge in [-0.3, -0.25) is 14.4 Å². The first-order valence-electron chi connectivity index (χ1n) is 9.86. The van der Waals surface area contributed by atoms with Gasteiger partial charge in [0.05, 0.1) is 0 Å². The van der Waals surface area contributed by atoms with Crippen molar-refractivity contribution < 1.29 is 43.2 Å². The summed E-state index contributed by atoms with van der Waals surface area (Å²) >= 11 is 0. The molecule has 0 spiro atoms. The molecule has 1 rings (SSSR count). The third-order valence-electron chi connectivity index (χ3n) is 4.12. The van der Waals surface area contributed by atoms with Crippen LogP contribution < -0.4 is 0 Å². The van der Waals surface area contributed by atoms with Crippen molar-refractivity contribution in [3.05, 3.63) is 0 Å². The first-order valence-corrected chi connectivity index (χ1v) is 9.86. The summed E-state index contributed by atoms with van der Waals surface area (Å²) in [5.41, 5.74) is 0. The van der Waals surface area contributed by atoms with Crippen molar-refractivity contribution in [1.82, 2.24) is 0 Å². The van der Waals surface area contributed by atoms with Crippen LogP contribution in [0.4, 0.5) is 0 Å². The second-order valence-corrected chi connectivity index (χ2v) is 8.10. The fraction of sp³-hybridized carbons (Fsp3) is 0.850. The van der Waals surface area contributed by atoms with Crippen LogP contribution in [0.2, 0.25) is 0 Å². The molecule has 0 heterocycles. The maximum atomic E-state index is 11.8. The van der Waals surface area contributed by atoms with Gasteiger partial charge in [-0.25, -0.2) is 0 Å². The Morgan fingerprint density at radius 2 is 0.966 bits per heavy atom. The van der Waals surface area contributed by atoms with E-state index in [1.807, 2.05) is 27.7 Å². The minimum Gasteiger partial charge on any atom is -0.457 e. The summed E-state index contributed by atoms with van der Waals surface area (Å²) in [6, 6.07) is 0. The number of rotatable bonds is 9. The summed E-state index contributed by atoms with van der Waals surface area (Å²) in [7, 11) is 0. The molecule has 1 saturated carbocycles. The van der Waals surface area contributed by atoms with Crippen molar-refractivity contribution in [3.8, 4) is 0 Å². The highest BCUT2D eigenvalue weighted by Gasteiger charge is 2.56. The van der Waals surface area contributed by atoms with Gasteiger partial charge in [-0.15, -0.1) is 0 Å².